The lowest BCUT2D eigenvalue weighted by molar-refractivity contribution is 0.528. The summed E-state index contributed by atoms with van der Waals surface area (Å²) >= 11 is 6.02. The summed E-state index contributed by atoms with van der Waals surface area (Å²) in [6, 6.07) is 8.22. The van der Waals surface area contributed by atoms with Gasteiger partial charge < -0.3 is 0 Å². The zero-order valence-corrected chi connectivity index (χ0v) is 11.3. The summed E-state index contributed by atoms with van der Waals surface area (Å²) in [5, 5.41) is 0.403. The maximum absolute atomic E-state index is 13.8. The fourth-order valence-electron chi connectivity index (χ4n) is 1.89. The lowest BCUT2D eigenvalue weighted by Crippen LogP contribution is -2.30. The summed E-state index contributed by atoms with van der Waals surface area (Å²) in [6.45, 7) is 1.91. The number of pyridine rings is 1. The molecule has 0 amide bonds. The average molecular weight is 280 g/mol. The maximum Gasteiger partial charge on any atom is 0.127 e. The highest BCUT2D eigenvalue weighted by Crippen LogP contribution is 2.25. The van der Waals surface area contributed by atoms with Gasteiger partial charge in [0.15, 0.2) is 0 Å². The van der Waals surface area contributed by atoms with Crippen LogP contribution in [0, 0.1) is 12.7 Å². The van der Waals surface area contributed by atoms with Crippen molar-refractivity contribution in [2.75, 3.05) is 0 Å². The van der Waals surface area contributed by atoms with Crippen LogP contribution < -0.4 is 11.3 Å². The largest absolute Gasteiger partial charge is 0.271 e. The minimum atomic E-state index is -0.326. The number of nitrogens with zero attached hydrogens (tertiary/aromatic N) is 1. The van der Waals surface area contributed by atoms with E-state index in [4.69, 9.17) is 17.4 Å². The van der Waals surface area contributed by atoms with Crippen LogP contribution in [-0.4, -0.2) is 4.98 Å². The summed E-state index contributed by atoms with van der Waals surface area (Å²) in [6.07, 6.45) is 2.10. The number of hydrogen-bond donors (Lipinski definition) is 2. The highest BCUT2D eigenvalue weighted by atomic mass is 35.5. The van der Waals surface area contributed by atoms with Crippen molar-refractivity contribution in [3.63, 3.8) is 0 Å². The molecule has 0 aliphatic carbocycles. The number of nitrogens with two attached hydrogens (primary N) is 1. The van der Waals surface area contributed by atoms with E-state index >= 15 is 0 Å². The Morgan fingerprint density at radius 2 is 2.16 bits per heavy atom. The normalized spacial score (nSPS) is 12.4. The van der Waals surface area contributed by atoms with Gasteiger partial charge in [0.05, 0.1) is 6.04 Å². The van der Waals surface area contributed by atoms with Crippen LogP contribution in [0.4, 0.5) is 4.39 Å². The molecule has 1 unspecified atom stereocenters. The molecule has 19 heavy (non-hydrogen) atoms. The van der Waals surface area contributed by atoms with Crippen LogP contribution in [0.25, 0.3) is 0 Å². The number of nitrogens with one attached hydrogen (secondary N) is 1. The van der Waals surface area contributed by atoms with Crippen molar-refractivity contribution in [1.29, 1.82) is 0 Å². The molecule has 0 spiro atoms. The summed E-state index contributed by atoms with van der Waals surface area (Å²) in [7, 11) is 0. The molecule has 0 bridgehead atoms. The molecular weight excluding hydrogens is 265 g/mol. The van der Waals surface area contributed by atoms with E-state index in [0.717, 1.165) is 11.3 Å². The van der Waals surface area contributed by atoms with E-state index < -0.39 is 0 Å². The van der Waals surface area contributed by atoms with Crippen LogP contribution in [-0.2, 0) is 6.42 Å². The Labute approximate surface area is 116 Å². The molecule has 0 aliphatic heterocycles. The molecule has 1 aromatic carbocycles. The van der Waals surface area contributed by atoms with Crippen LogP contribution in [0.3, 0.4) is 0 Å². The number of hydrogen-bond acceptors (Lipinski definition) is 3. The SMILES string of the molecule is Cc1ccc(C(Cc2c(F)cccc2Cl)NN)cn1. The molecule has 0 radical (unpaired) electrons. The van der Waals surface area contributed by atoms with Gasteiger partial charge in [-0.3, -0.25) is 16.3 Å². The maximum atomic E-state index is 13.8. The molecule has 5 heteroatoms. The first-order valence-electron chi connectivity index (χ1n) is 5.93. The van der Waals surface area contributed by atoms with Gasteiger partial charge >= 0.3 is 0 Å². The summed E-state index contributed by atoms with van der Waals surface area (Å²) in [4.78, 5) is 4.21. The Morgan fingerprint density at radius 1 is 1.37 bits per heavy atom. The predicted molar refractivity (Wildman–Crippen MR) is 74.2 cm³/mol. The Morgan fingerprint density at radius 3 is 2.74 bits per heavy atom. The van der Waals surface area contributed by atoms with Crippen LogP contribution in [0.5, 0.6) is 0 Å². The van der Waals surface area contributed by atoms with Gasteiger partial charge in [-0.1, -0.05) is 23.7 Å². The van der Waals surface area contributed by atoms with Gasteiger partial charge in [-0.15, -0.1) is 0 Å². The van der Waals surface area contributed by atoms with Gasteiger partial charge in [0, 0.05) is 22.5 Å². The average Bonchev–Trinajstić information content (AvgIpc) is 2.40. The summed E-state index contributed by atoms with van der Waals surface area (Å²) < 4.78 is 13.8. The number of aryl methyl sites for hydroxylation is 1. The third kappa shape index (κ3) is 3.29. The molecule has 0 saturated carbocycles. The van der Waals surface area contributed by atoms with Crippen molar-refractivity contribution in [2.24, 2.45) is 5.84 Å². The van der Waals surface area contributed by atoms with E-state index in [1.54, 1.807) is 18.3 Å². The van der Waals surface area contributed by atoms with E-state index in [1.807, 2.05) is 19.1 Å². The number of hydrazine groups is 1. The topological polar surface area (TPSA) is 50.9 Å². The van der Waals surface area contributed by atoms with Gasteiger partial charge in [0.25, 0.3) is 0 Å². The smallest absolute Gasteiger partial charge is 0.127 e. The molecule has 100 valence electrons. The number of aromatic nitrogens is 1. The lowest BCUT2D eigenvalue weighted by Gasteiger charge is -2.17. The number of halogens is 2. The van der Waals surface area contributed by atoms with E-state index in [9.17, 15) is 4.39 Å². The second kappa shape index (κ2) is 6.10. The zero-order chi connectivity index (χ0) is 13.8. The Kier molecular flexibility index (Phi) is 4.47. The molecular formula is C14H15ClFN3. The fourth-order valence-corrected chi connectivity index (χ4v) is 2.13. The van der Waals surface area contributed by atoms with E-state index in [-0.39, 0.29) is 11.9 Å². The van der Waals surface area contributed by atoms with Crippen molar-refractivity contribution < 1.29 is 4.39 Å². The molecule has 1 heterocycles. The Hall–Kier alpha value is -1.49. The molecule has 0 saturated heterocycles. The monoisotopic (exact) mass is 279 g/mol. The minimum absolute atomic E-state index is 0.234. The van der Waals surface area contributed by atoms with Gasteiger partial charge in [-0.05, 0) is 37.1 Å². The minimum Gasteiger partial charge on any atom is -0.271 e. The number of rotatable bonds is 4. The van der Waals surface area contributed by atoms with Gasteiger partial charge in [0.1, 0.15) is 5.82 Å². The quantitative estimate of drug-likeness (QED) is 0.668. The van der Waals surface area contributed by atoms with Crippen molar-refractivity contribution in [3.05, 3.63) is 64.2 Å². The van der Waals surface area contributed by atoms with Gasteiger partial charge in [-0.25, -0.2) is 4.39 Å². The number of benzene rings is 1. The fraction of sp³-hybridized carbons (Fsp3) is 0.214. The molecule has 3 N–H and O–H groups in total. The van der Waals surface area contributed by atoms with Gasteiger partial charge in [0.2, 0.25) is 0 Å². The van der Waals surface area contributed by atoms with Crippen LogP contribution >= 0.6 is 11.6 Å². The molecule has 1 atom stereocenters. The molecule has 2 rings (SSSR count). The van der Waals surface area contributed by atoms with Crippen molar-refractivity contribution in [2.45, 2.75) is 19.4 Å². The standard InChI is InChI=1S/C14H15ClFN3/c1-9-5-6-10(8-18-9)14(19-17)7-11-12(15)3-2-4-13(11)16/h2-6,8,14,19H,7,17H2,1H3. The summed E-state index contributed by atoms with van der Waals surface area (Å²) in [5.41, 5.74) is 4.94. The molecule has 1 aromatic heterocycles. The van der Waals surface area contributed by atoms with Crippen LogP contribution in [0.1, 0.15) is 22.9 Å². The lowest BCUT2D eigenvalue weighted by atomic mass is 10.00. The molecule has 0 aliphatic rings. The first kappa shape index (κ1) is 13.9. The van der Waals surface area contributed by atoms with Crippen molar-refractivity contribution in [3.8, 4) is 0 Å². The molecule has 3 nitrogen and oxygen atoms in total. The van der Waals surface area contributed by atoms with Gasteiger partial charge in [-0.2, -0.15) is 0 Å². The molecule has 0 fully saturated rings. The molecule has 2 aromatic rings. The third-order valence-electron chi connectivity index (χ3n) is 3.01. The van der Waals surface area contributed by atoms with Crippen LogP contribution in [0.2, 0.25) is 5.02 Å². The Bertz CT molecular complexity index is 537. The highest BCUT2D eigenvalue weighted by molar-refractivity contribution is 6.31. The zero-order valence-electron chi connectivity index (χ0n) is 10.5. The summed E-state index contributed by atoms with van der Waals surface area (Å²) in [5.74, 6) is 5.22. The second-order valence-electron chi connectivity index (χ2n) is 4.36. The van der Waals surface area contributed by atoms with E-state index in [2.05, 4.69) is 10.4 Å². The van der Waals surface area contributed by atoms with E-state index in [1.165, 1.54) is 6.07 Å². The van der Waals surface area contributed by atoms with Crippen molar-refractivity contribution >= 4 is 11.6 Å². The van der Waals surface area contributed by atoms with Crippen molar-refractivity contribution in [1.82, 2.24) is 10.4 Å². The Balaban J connectivity index is 2.26. The first-order valence-corrected chi connectivity index (χ1v) is 6.31. The first-order chi connectivity index (χ1) is 9.11. The van der Waals surface area contributed by atoms with E-state index in [0.29, 0.717) is 17.0 Å². The predicted octanol–water partition coefficient (Wildman–Crippen LogP) is 2.93. The second-order valence-corrected chi connectivity index (χ2v) is 4.76. The third-order valence-corrected chi connectivity index (χ3v) is 3.36. The van der Waals surface area contributed by atoms with Crippen LogP contribution in [0.15, 0.2) is 36.5 Å². The highest BCUT2D eigenvalue weighted by Gasteiger charge is 2.15.